The number of hydrogen-bond acceptors (Lipinski definition) is 2. The van der Waals surface area contributed by atoms with Gasteiger partial charge < -0.3 is 11.1 Å². The standard InChI is InChI=1S/C14H13F3N2O2/c1-2-3-11(13(18)21)19-12(20)8-9-4-6-10(7-5-9)14(15,16)17/h1,4-7,11H,3,8H2,(H2,18,21)(H,19,20)/t11-/m0/s1. The molecular weight excluding hydrogens is 285 g/mol. The minimum absolute atomic E-state index is 0.0475. The van der Waals surface area contributed by atoms with Crippen LogP contribution in [0.15, 0.2) is 24.3 Å². The summed E-state index contributed by atoms with van der Waals surface area (Å²) >= 11 is 0. The molecule has 0 aliphatic carbocycles. The van der Waals surface area contributed by atoms with Crippen LogP contribution in [-0.2, 0) is 22.2 Å². The lowest BCUT2D eigenvalue weighted by Gasteiger charge is -2.13. The summed E-state index contributed by atoms with van der Waals surface area (Å²) in [5.41, 5.74) is 4.64. The summed E-state index contributed by atoms with van der Waals surface area (Å²) < 4.78 is 37.1. The number of rotatable bonds is 5. The Kier molecular flexibility index (Phi) is 5.36. The van der Waals surface area contributed by atoms with Crippen molar-refractivity contribution < 1.29 is 22.8 Å². The number of primary amides is 1. The maximum Gasteiger partial charge on any atom is 0.416 e. The molecule has 0 spiro atoms. The van der Waals surface area contributed by atoms with Crippen molar-refractivity contribution in [1.29, 1.82) is 0 Å². The van der Waals surface area contributed by atoms with E-state index in [1.165, 1.54) is 12.1 Å². The van der Waals surface area contributed by atoms with Gasteiger partial charge in [0.25, 0.3) is 0 Å². The summed E-state index contributed by atoms with van der Waals surface area (Å²) in [5, 5.41) is 2.33. The Bertz CT molecular complexity index is 559. The third-order valence-corrected chi connectivity index (χ3v) is 2.65. The van der Waals surface area contributed by atoms with Crippen molar-refractivity contribution in [3.8, 4) is 12.3 Å². The van der Waals surface area contributed by atoms with E-state index in [-0.39, 0.29) is 12.8 Å². The molecule has 7 heteroatoms. The predicted molar refractivity (Wildman–Crippen MR) is 69.7 cm³/mol. The number of benzene rings is 1. The van der Waals surface area contributed by atoms with Gasteiger partial charge in [0.2, 0.25) is 11.8 Å². The summed E-state index contributed by atoms with van der Waals surface area (Å²) in [7, 11) is 0. The fourth-order valence-electron chi connectivity index (χ4n) is 1.58. The normalized spacial score (nSPS) is 12.3. The lowest BCUT2D eigenvalue weighted by Crippen LogP contribution is -2.44. The SMILES string of the molecule is C#CC[C@H](NC(=O)Cc1ccc(C(F)(F)F)cc1)C(N)=O. The molecule has 21 heavy (non-hydrogen) atoms. The number of carbonyl (C=O) groups excluding carboxylic acids is 2. The molecule has 2 amide bonds. The van der Waals surface area contributed by atoms with Crippen molar-refractivity contribution in [1.82, 2.24) is 5.32 Å². The molecule has 0 aliphatic heterocycles. The molecule has 4 nitrogen and oxygen atoms in total. The first kappa shape index (κ1) is 16.6. The number of nitrogens with two attached hydrogens (primary N) is 1. The second-order valence-corrected chi connectivity index (χ2v) is 4.30. The largest absolute Gasteiger partial charge is 0.416 e. The third kappa shape index (κ3) is 5.18. The molecule has 0 bridgehead atoms. The molecule has 1 aromatic carbocycles. The van der Waals surface area contributed by atoms with Gasteiger partial charge in [0.15, 0.2) is 0 Å². The third-order valence-electron chi connectivity index (χ3n) is 2.65. The van der Waals surface area contributed by atoms with E-state index in [9.17, 15) is 22.8 Å². The molecule has 0 aromatic heterocycles. The molecule has 1 aromatic rings. The molecule has 0 aliphatic rings. The lowest BCUT2D eigenvalue weighted by molar-refractivity contribution is -0.137. The zero-order valence-corrected chi connectivity index (χ0v) is 10.9. The fourth-order valence-corrected chi connectivity index (χ4v) is 1.58. The number of amides is 2. The van der Waals surface area contributed by atoms with E-state index in [0.717, 1.165) is 12.1 Å². The maximum atomic E-state index is 12.4. The van der Waals surface area contributed by atoms with E-state index in [1.54, 1.807) is 0 Å². The summed E-state index contributed by atoms with van der Waals surface area (Å²) in [6.45, 7) is 0. The zero-order chi connectivity index (χ0) is 16.0. The van der Waals surface area contributed by atoms with Crippen LogP contribution in [0.25, 0.3) is 0 Å². The molecule has 0 fully saturated rings. The van der Waals surface area contributed by atoms with Gasteiger partial charge >= 0.3 is 6.18 Å². The van der Waals surface area contributed by atoms with Gasteiger partial charge in [-0.3, -0.25) is 9.59 Å². The topological polar surface area (TPSA) is 72.2 Å². The molecule has 1 rings (SSSR count). The van der Waals surface area contributed by atoms with Crippen molar-refractivity contribution in [2.75, 3.05) is 0 Å². The highest BCUT2D eigenvalue weighted by Crippen LogP contribution is 2.29. The molecule has 3 N–H and O–H groups in total. The first-order valence-corrected chi connectivity index (χ1v) is 5.92. The van der Waals surface area contributed by atoms with Gasteiger partial charge in [-0.25, -0.2) is 0 Å². The number of alkyl halides is 3. The number of carbonyl (C=O) groups is 2. The van der Waals surface area contributed by atoms with E-state index in [4.69, 9.17) is 12.2 Å². The Hall–Kier alpha value is -2.49. The van der Waals surface area contributed by atoms with Crippen LogP contribution in [0, 0.1) is 12.3 Å². The highest BCUT2D eigenvalue weighted by molar-refractivity contribution is 5.87. The van der Waals surface area contributed by atoms with Crippen LogP contribution < -0.4 is 11.1 Å². The number of nitrogens with one attached hydrogen (secondary N) is 1. The number of hydrogen-bond donors (Lipinski definition) is 2. The molecule has 1 atom stereocenters. The van der Waals surface area contributed by atoms with Crippen LogP contribution in [0.3, 0.4) is 0 Å². The van der Waals surface area contributed by atoms with E-state index < -0.39 is 29.6 Å². The molecule has 0 saturated heterocycles. The van der Waals surface area contributed by atoms with Crippen molar-refractivity contribution in [2.45, 2.75) is 25.1 Å². The average Bonchev–Trinajstić information content (AvgIpc) is 2.37. The van der Waals surface area contributed by atoms with E-state index >= 15 is 0 Å². The lowest BCUT2D eigenvalue weighted by atomic mass is 10.1. The van der Waals surface area contributed by atoms with Gasteiger partial charge in [-0.05, 0) is 17.7 Å². The second-order valence-electron chi connectivity index (χ2n) is 4.30. The average molecular weight is 298 g/mol. The fraction of sp³-hybridized carbons (Fsp3) is 0.286. The molecular formula is C14H13F3N2O2. The Morgan fingerprint density at radius 2 is 1.86 bits per heavy atom. The van der Waals surface area contributed by atoms with Crippen molar-refractivity contribution >= 4 is 11.8 Å². The van der Waals surface area contributed by atoms with Gasteiger partial charge in [-0.2, -0.15) is 13.2 Å². The number of halogens is 3. The van der Waals surface area contributed by atoms with Crippen LogP contribution >= 0.6 is 0 Å². The van der Waals surface area contributed by atoms with Gasteiger partial charge in [-0.1, -0.05) is 12.1 Å². The second kappa shape index (κ2) is 6.79. The Labute approximate surface area is 119 Å². The summed E-state index contributed by atoms with van der Waals surface area (Å²) in [4.78, 5) is 22.7. The minimum Gasteiger partial charge on any atom is -0.368 e. The Morgan fingerprint density at radius 3 is 2.29 bits per heavy atom. The molecule has 0 saturated carbocycles. The summed E-state index contributed by atoms with van der Waals surface area (Å²) in [6.07, 6.45) is 0.390. The highest BCUT2D eigenvalue weighted by Gasteiger charge is 2.30. The Morgan fingerprint density at radius 1 is 1.29 bits per heavy atom. The van der Waals surface area contributed by atoms with Crippen LogP contribution in [0.5, 0.6) is 0 Å². The van der Waals surface area contributed by atoms with Crippen LogP contribution in [0.1, 0.15) is 17.5 Å². The maximum absolute atomic E-state index is 12.4. The number of terminal acetylenes is 1. The van der Waals surface area contributed by atoms with E-state index in [2.05, 4.69) is 11.2 Å². The van der Waals surface area contributed by atoms with Gasteiger partial charge in [-0.15, -0.1) is 12.3 Å². The summed E-state index contributed by atoms with van der Waals surface area (Å²) in [6, 6.07) is 3.17. The molecule has 0 unspecified atom stereocenters. The monoisotopic (exact) mass is 298 g/mol. The smallest absolute Gasteiger partial charge is 0.368 e. The minimum atomic E-state index is -4.43. The van der Waals surface area contributed by atoms with Crippen molar-refractivity contribution in [3.63, 3.8) is 0 Å². The molecule has 0 heterocycles. The molecule has 0 radical (unpaired) electrons. The Balaban J connectivity index is 2.67. The van der Waals surface area contributed by atoms with E-state index in [0.29, 0.717) is 5.56 Å². The van der Waals surface area contributed by atoms with Crippen molar-refractivity contribution in [2.24, 2.45) is 5.73 Å². The summed E-state index contributed by atoms with van der Waals surface area (Å²) in [5.74, 6) is 0.885. The van der Waals surface area contributed by atoms with E-state index in [1.807, 2.05) is 0 Å². The van der Waals surface area contributed by atoms with Crippen LogP contribution in [0.2, 0.25) is 0 Å². The predicted octanol–water partition coefficient (Wildman–Crippen LogP) is 1.24. The first-order valence-electron chi connectivity index (χ1n) is 5.92. The molecule has 112 valence electrons. The van der Waals surface area contributed by atoms with Gasteiger partial charge in [0.05, 0.1) is 12.0 Å². The zero-order valence-electron chi connectivity index (χ0n) is 10.9. The van der Waals surface area contributed by atoms with Crippen LogP contribution in [0.4, 0.5) is 13.2 Å². The first-order chi connectivity index (χ1) is 9.74. The van der Waals surface area contributed by atoms with Crippen LogP contribution in [-0.4, -0.2) is 17.9 Å². The highest BCUT2D eigenvalue weighted by atomic mass is 19.4. The quantitative estimate of drug-likeness (QED) is 0.803. The van der Waals surface area contributed by atoms with Gasteiger partial charge in [0, 0.05) is 6.42 Å². The van der Waals surface area contributed by atoms with Gasteiger partial charge in [0.1, 0.15) is 6.04 Å². The van der Waals surface area contributed by atoms with Crippen molar-refractivity contribution in [3.05, 3.63) is 35.4 Å².